The summed E-state index contributed by atoms with van der Waals surface area (Å²) in [5, 5.41) is 11.6. The number of H-pyrrole nitrogens is 1. The average molecular weight is 336 g/mol. The predicted molar refractivity (Wildman–Crippen MR) is 101 cm³/mol. The standard InChI is InChI=1S/C19H24N6/c1-13-12-17(24-23-13)21-18-15-10-6-7-11-16(15)20-19(22-18)25(2)14-8-4-3-5-9-14/h6-7,10-12,14H,3-5,8-9H2,1-2H3,(H2,20,21,22,23,24). The van der Waals surface area contributed by atoms with Crippen molar-refractivity contribution >= 4 is 28.5 Å². The second-order valence-corrected chi connectivity index (χ2v) is 6.84. The Labute approximate surface area is 147 Å². The quantitative estimate of drug-likeness (QED) is 0.748. The number of aromatic amines is 1. The molecule has 3 aromatic rings. The van der Waals surface area contributed by atoms with Crippen LogP contribution in [0.1, 0.15) is 37.8 Å². The summed E-state index contributed by atoms with van der Waals surface area (Å²) in [5.41, 5.74) is 1.90. The third-order valence-electron chi connectivity index (χ3n) is 4.99. The van der Waals surface area contributed by atoms with Crippen molar-refractivity contribution in [2.24, 2.45) is 0 Å². The molecule has 4 rings (SSSR count). The van der Waals surface area contributed by atoms with Crippen molar-refractivity contribution in [2.75, 3.05) is 17.3 Å². The number of hydrogen-bond donors (Lipinski definition) is 2. The van der Waals surface area contributed by atoms with Gasteiger partial charge < -0.3 is 10.2 Å². The topological polar surface area (TPSA) is 69.7 Å². The highest BCUT2D eigenvalue weighted by molar-refractivity contribution is 5.91. The molecule has 0 bridgehead atoms. The number of rotatable bonds is 4. The summed E-state index contributed by atoms with van der Waals surface area (Å²) in [6.07, 6.45) is 6.36. The van der Waals surface area contributed by atoms with Gasteiger partial charge in [-0.3, -0.25) is 5.10 Å². The molecule has 1 aromatic carbocycles. The summed E-state index contributed by atoms with van der Waals surface area (Å²) in [7, 11) is 2.12. The molecule has 0 amide bonds. The molecule has 0 atom stereocenters. The Bertz CT molecular complexity index is 865. The minimum Gasteiger partial charge on any atom is -0.341 e. The predicted octanol–water partition coefficient (Wildman–Crippen LogP) is 4.17. The molecule has 1 fully saturated rings. The zero-order valence-electron chi connectivity index (χ0n) is 14.8. The molecule has 2 heterocycles. The SMILES string of the molecule is Cc1cc(Nc2nc(N(C)C3CCCCC3)nc3ccccc23)[nH]n1. The van der Waals surface area contributed by atoms with Crippen LogP contribution in [0.5, 0.6) is 0 Å². The van der Waals surface area contributed by atoms with E-state index >= 15 is 0 Å². The number of nitrogens with zero attached hydrogens (tertiary/aromatic N) is 4. The molecule has 2 N–H and O–H groups in total. The van der Waals surface area contributed by atoms with Gasteiger partial charge in [0.2, 0.25) is 5.95 Å². The highest BCUT2D eigenvalue weighted by Gasteiger charge is 2.21. The molecule has 2 aromatic heterocycles. The van der Waals surface area contributed by atoms with Gasteiger partial charge in [0.25, 0.3) is 0 Å². The number of benzene rings is 1. The van der Waals surface area contributed by atoms with Crippen LogP contribution in [0, 0.1) is 6.92 Å². The molecule has 0 unspecified atom stereocenters. The van der Waals surface area contributed by atoms with Gasteiger partial charge in [-0.2, -0.15) is 10.1 Å². The number of fused-ring (bicyclic) bond motifs is 1. The summed E-state index contributed by atoms with van der Waals surface area (Å²) < 4.78 is 0. The first-order chi connectivity index (χ1) is 12.2. The zero-order valence-corrected chi connectivity index (χ0v) is 14.8. The van der Waals surface area contributed by atoms with Gasteiger partial charge in [-0.25, -0.2) is 4.98 Å². The molecule has 130 valence electrons. The summed E-state index contributed by atoms with van der Waals surface area (Å²) in [6.45, 7) is 1.96. The molecule has 1 aliphatic carbocycles. The summed E-state index contributed by atoms with van der Waals surface area (Å²) in [5.74, 6) is 2.43. The number of aromatic nitrogens is 4. The summed E-state index contributed by atoms with van der Waals surface area (Å²) in [4.78, 5) is 11.9. The van der Waals surface area contributed by atoms with Crippen LogP contribution >= 0.6 is 0 Å². The Hall–Kier alpha value is -2.63. The van der Waals surface area contributed by atoms with Gasteiger partial charge >= 0.3 is 0 Å². The van der Waals surface area contributed by atoms with Crippen molar-refractivity contribution in [1.82, 2.24) is 20.2 Å². The lowest BCUT2D eigenvalue weighted by Gasteiger charge is -2.31. The van der Waals surface area contributed by atoms with E-state index < -0.39 is 0 Å². The van der Waals surface area contributed by atoms with Gasteiger partial charge in [0.1, 0.15) is 11.6 Å². The largest absolute Gasteiger partial charge is 0.341 e. The van der Waals surface area contributed by atoms with Crippen LogP contribution in [-0.4, -0.2) is 33.3 Å². The Kier molecular flexibility index (Phi) is 4.26. The van der Waals surface area contributed by atoms with Crippen LogP contribution in [-0.2, 0) is 0 Å². The Balaban J connectivity index is 1.72. The van der Waals surface area contributed by atoms with Gasteiger partial charge in [0.05, 0.1) is 11.2 Å². The highest BCUT2D eigenvalue weighted by atomic mass is 15.3. The first-order valence-electron chi connectivity index (χ1n) is 8.99. The van der Waals surface area contributed by atoms with E-state index in [0.29, 0.717) is 6.04 Å². The number of nitrogens with one attached hydrogen (secondary N) is 2. The molecule has 1 saturated carbocycles. The van der Waals surface area contributed by atoms with Gasteiger partial charge in [0.15, 0.2) is 0 Å². The normalized spacial score (nSPS) is 15.4. The second-order valence-electron chi connectivity index (χ2n) is 6.84. The van der Waals surface area contributed by atoms with Crippen LogP contribution in [0.15, 0.2) is 30.3 Å². The zero-order chi connectivity index (χ0) is 17.2. The number of hydrogen-bond acceptors (Lipinski definition) is 5. The van der Waals surface area contributed by atoms with E-state index in [1.165, 1.54) is 32.1 Å². The van der Waals surface area contributed by atoms with Crippen molar-refractivity contribution < 1.29 is 0 Å². The highest BCUT2D eigenvalue weighted by Crippen LogP contribution is 2.29. The van der Waals surface area contributed by atoms with Crippen LogP contribution < -0.4 is 10.2 Å². The molecule has 0 radical (unpaired) electrons. The Morgan fingerprint density at radius 3 is 2.68 bits per heavy atom. The Morgan fingerprint density at radius 2 is 1.92 bits per heavy atom. The fraction of sp³-hybridized carbons (Fsp3) is 0.421. The van der Waals surface area contributed by atoms with Gasteiger partial charge in [-0.05, 0) is 31.9 Å². The fourth-order valence-electron chi connectivity index (χ4n) is 3.56. The summed E-state index contributed by atoms with van der Waals surface area (Å²) in [6, 6.07) is 10.6. The molecular weight excluding hydrogens is 312 g/mol. The van der Waals surface area contributed by atoms with E-state index in [9.17, 15) is 0 Å². The van der Waals surface area contributed by atoms with Gasteiger partial charge in [0, 0.05) is 24.5 Å². The van der Waals surface area contributed by atoms with Crippen LogP contribution in [0.4, 0.5) is 17.6 Å². The minimum absolute atomic E-state index is 0.525. The Morgan fingerprint density at radius 1 is 1.12 bits per heavy atom. The molecule has 0 spiro atoms. The minimum atomic E-state index is 0.525. The van der Waals surface area contributed by atoms with E-state index in [-0.39, 0.29) is 0 Å². The van der Waals surface area contributed by atoms with Crippen LogP contribution in [0.3, 0.4) is 0 Å². The number of anilines is 3. The molecule has 25 heavy (non-hydrogen) atoms. The van der Waals surface area contributed by atoms with Crippen molar-refractivity contribution in [3.63, 3.8) is 0 Å². The van der Waals surface area contributed by atoms with Crippen LogP contribution in [0.2, 0.25) is 0 Å². The molecule has 1 aliphatic rings. The van der Waals surface area contributed by atoms with Crippen molar-refractivity contribution in [2.45, 2.75) is 45.1 Å². The monoisotopic (exact) mass is 336 g/mol. The average Bonchev–Trinajstić information content (AvgIpc) is 3.06. The van der Waals surface area contributed by atoms with Crippen molar-refractivity contribution in [1.29, 1.82) is 0 Å². The first-order valence-corrected chi connectivity index (χ1v) is 8.99. The summed E-state index contributed by atoms with van der Waals surface area (Å²) >= 11 is 0. The maximum atomic E-state index is 4.84. The third kappa shape index (κ3) is 3.29. The first kappa shape index (κ1) is 15.9. The van der Waals surface area contributed by atoms with E-state index in [4.69, 9.17) is 9.97 Å². The van der Waals surface area contributed by atoms with Gasteiger partial charge in [-0.15, -0.1) is 0 Å². The fourth-order valence-corrected chi connectivity index (χ4v) is 3.56. The third-order valence-corrected chi connectivity index (χ3v) is 4.99. The molecule has 6 heteroatoms. The molecule has 0 saturated heterocycles. The van der Waals surface area contributed by atoms with E-state index in [1.807, 2.05) is 37.3 Å². The lowest BCUT2D eigenvalue weighted by molar-refractivity contribution is 0.424. The van der Waals surface area contributed by atoms with Crippen LogP contribution in [0.25, 0.3) is 10.9 Å². The maximum absolute atomic E-state index is 4.84. The molecular formula is C19H24N6. The van der Waals surface area contributed by atoms with Crippen molar-refractivity contribution in [3.8, 4) is 0 Å². The molecule has 0 aliphatic heterocycles. The van der Waals surface area contributed by atoms with E-state index in [1.54, 1.807) is 0 Å². The lowest BCUT2D eigenvalue weighted by Crippen LogP contribution is -2.34. The van der Waals surface area contributed by atoms with E-state index in [2.05, 4.69) is 27.5 Å². The second kappa shape index (κ2) is 6.70. The van der Waals surface area contributed by atoms with Crippen molar-refractivity contribution in [3.05, 3.63) is 36.0 Å². The molecule has 6 nitrogen and oxygen atoms in total. The smallest absolute Gasteiger partial charge is 0.227 e. The lowest BCUT2D eigenvalue weighted by atomic mass is 9.95. The number of para-hydroxylation sites is 1. The van der Waals surface area contributed by atoms with E-state index in [0.717, 1.165) is 34.2 Å². The number of aryl methyl sites for hydroxylation is 1. The van der Waals surface area contributed by atoms with Gasteiger partial charge in [-0.1, -0.05) is 31.4 Å². The maximum Gasteiger partial charge on any atom is 0.227 e.